The van der Waals surface area contributed by atoms with E-state index in [1.165, 1.54) is 0 Å². The lowest BCUT2D eigenvalue weighted by Gasteiger charge is -2.25. The average Bonchev–Trinajstić information content (AvgIpc) is 2.58. The van der Waals surface area contributed by atoms with Crippen molar-refractivity contribution in [3.63, 3.8) is 0 Å². The van der Waals surface area contributed by atoms with Gasteiger partial charge >= 0.3 is 0 Å². The lowest BCUT2D eigenvalue weighted by molar-refractivity contribution is -0.116. The molecule has 0 saturated heterocycles. The van der Waals surface area contributed by atoms with Gasteiger partial charge in [0.25, 0.3) is 0 Å². The van der Waals surface area contributed by atoms with Crippen molar-refractivity contribution in [3.8, 4) is 0 Å². The van der Waals surface area contributed by atoms with Crippen LogP contribution in [0.3, 0.4) is 0 Å². The molecule has 0 spiro atoms. The number of thioether (sulfide) groups is 1. The van der Waals surface area contributed by atoms with E-state index >= 15 is 0 Å². The standard InChI is InChI=1S/C18H29NO3S.C2H6/c1-5-8-9-22-19-15(6-2)18-16(20)11-14(12-17(18)21)10-13(4)23-7-3;1-2/h5,8,13-14,20H,6-7,9-12H2,1-4H3;1-2H3/b8-5+,19-15+;. The minimum Gasteiger partial charge on any atom is -0.511 e. The largest absolute Gasteiger partial charge is 0.511 e. The summed E-state index contributed by atoms with van der Waals surface area (Å²) in [6.07, 6.45) is 6.29. The van der Waals surface area contributed by atoms with E-state index in [1.54, 1.807) is 0 Å². The van der Waals surface area contributed by atoms with Crippen molar-refractivity contribution in [2.45, 2.75) is 72.5 Å². The van der Waals surface area contributed by atoms with E-state index in [0.29, 0.717) is 42.4 Å². The molecule has 0 aromatic rings. The molecule has 144 valence electrons. The van der Waals surface area contributed by atoms with Crippen LogP contribution in [0.25, 0.3) is 0 Å². The van der Waals surface area contributed by atoms with Crippen LogP contribution in [0.1, 0.15) is 67.2 Å². The predicted molar refractivity (Wildman–Crippen MR) is 109 cm³/mol. The fourth-order valence-electron chi connectivity index (χ4n) is 2.83. The normalized spacial score (nSPS) is 19.7. The summed E-state index contributed by atoms with van der Waals surface area (Å²) in [5.41, 5.74) is 0.923. The first-order valence-corrected chi connectivity index (χ1v) is 10.4. The minimum absolute atomic E-state index is 0.0114. The molecule has 0 aromatic carbocycles. The van der Waals surface area contributed by atoms with Crippen LogP contribution in [0, 0.1) is 5.92 Å². The number of hydrogen-bond donors (Lipinski definition) is 1. The Morgan fingerprint density at radius 1 is 1.40 bits per heavy atom. The van der Waals surface area contributed by atoms with E-state index in [4.69, 9.17) is 4.84 Å². The molecule has 0 amide bonds. The third-order valence-electron chi connectivity index (χ3n) is 3.84. The number of aliphatic hydroxyl groups is 1. The van der Waals surface area contributed by atoms with E-state index in [-0.39, 0.29) is 17.5 Å². The maximum atomic E-state index is 12.5. The topological polar surface area (TPSA) is 58.9 Å². The van der Waals surface area contributed by atoms with E-state index in [0.717, 1.165) is 12.2 Å². The van der Waals surface area contributed by atoms with Crippen molar-refractivity contribution in [2.75, 3.05) is 12.4 Å². The lowest BCUT2D eigenvalue weighted by Crippen LogP contribution is -2.26. The number of carbonyl (C=O) groups excluding carboxylic acids is 1. The third-order valence-corrected chi connectivity index (χ3v) is 4.94. The Morgan fingerprint density at radius 3 is 2.60 bits per heavy atom. The molecule has 1 aliphatic carbocycles. The number of aliphatic hydroxyl groups excluding tert-OH is 1. The summed E-state index contributed by atoms with van der Waals surface area (Å²) in [6.45, 7) is 12.5. The highest BCUT2D eigenvalue weighted by atomic mass is 32.2. The van der Waals surface area contributed by atoms with Gasteiger partial charge in [-0.25, -0.2) is 0 Å². The number of ketones is 1. The summed E-state index contributed by atoms with van der Waals surface area (Å²) < 4.78 is 0. The molecule has 2 atom stereocenters. The monoisotopic (exact) mass is 369 g/mol. The number of rotatable bonds is 9. The number of carbonyl (C=O) groups is 1. The smallest absolute Gasteiger partial charge is 0.168 e. The van der Waals surface area contributed by atoms with Gasteiger partial charge in [-0.2, -0.15) is 11.8 Å². The predicted octanol–water partition coefficient (Wildman–Crippen LogP) is 5.69. The van der Waals surface area contributed by atoms with Gasteiger partial charge in [-0.15, -0.1) is 0 Å². The zero-order valence-corrected chi connectivity index (χ0v) is 17.5. The highest BCUT2D eigenvalue weighted by Gasteiger charge is 2.31. The first-order valence-electron chi connectivity index (χ1n) is 9.40. The SMILES string of the molecule is C/C=C/CO/N=C(\CC)C1=C(O)CC(CC(C)SCC)CC1=O.CC. The van der Waals surface area contributed by atoms with Crippen molar-refractivity contribution in [2.24, 2.45) is 11.1 Å². The third kappa shape index (κ3) is 8.61. The zero-order chi connectivity index (χ0) is 19.2. The summed E-state index contributed by atoms with van der Waals surface area (Å²) in [5, 5.41) is 14.9. The van der Waals surface area contributed by atoms with Gasteiger partial charge in [0.15, 0.2) is 5.78 Å². The maximum Gasteiger partial charge on any atom is 0.168 e. The van der Waals surface area contributed by atoms with Crippen LogP contribution in [0.15, 0.2) is 28.6 Å². The quantitative estimate of drug-likeness (QED) is 0.245. The molecular weight excluding hydrogens is 334 g/mol. The van der Waals surface area contributed by atoms with Crippen molar-refractivity contribution in [1.82, 2.24) is 0 Å². The Kier molecular flexibility index (Phi) is 13.3. The molecular formula is C20H35NO3S. The Labute approximate surface area is 157 Å². The molecule has 0 radical (unpaired) electrons. The van der Waals surface area contributed by atoms with Crippen LogP contribution in [0.4, 0.5) is 0 Å². The van der Waals surface area contributed by atoms with Gasteiger partial charge in [0.05, 0.1) is 11.3 Å². The number of nitrogens with zero attached hydrogens (tertiary/aromatic N) is 1. The van der Waals surface area contributed by atoms with Crippen molar-refractivity contribution in [3.05, 3.63) is 23.5 Å². The number of Topliss-reactive ketones (excluding diaryl/α,β-unsaturated/α-hetero) is 1. The molecule has 1 aliphatic rings. The van der Waals surface area contributed by atoms with Gasteiger partial charge in [0, 0.05) is 18.1 Å². The Balaban J connectivity index is 0.00000277. The van der Waals surface area contributed by atoms with E-state index in [1.807, 2.05) is 51.6 Å². The van der Waals surface area contributed by atoms with Crippen LogP contribution in [0.5, 0.6) is 0 Å². The molecule has 1 rings (SSSR count). The maximum absolute atomic E-state index is 12.5. The second-order valence-electron chi connectivity index (χ2n) is 5.78. The van der Waals surface area contributed by atoms with E-state index in [2.05, 4.69) is 19.0 Å². The average molecular weight is 370 g/mol. The highest BCUT2D eigenvalue weighted by molar-refractivity contribution is 7.99. The van der Waals surface area contributed by atoms with Gasteiger partial charge in [-0.1, -0.05) is 45.9 Å². The van der Waals surface area contributed by atoms with Crippen molar-refractivity contribution in [1.29, 1.82) is 0 Å². The molecule has 4 nitrogen and oxygen atoms in total. The second kappa shape index (κ2) is 14.0. The molecule has 5 heteroatoms. The van der Waals surface area contributed by atoms with Gasteiger partial charge in [-0.05, 0) is 37.5 Å². The molecule has 2 unspecified atom stereocenters. The Morgan fingerprint density at radius 2 is 2.08 bits per heavy atom. The first kappa shape index (κ1) is 23.8. The molecule has 0 aromatic heterocycles. The molecule has 0 fully saturated rings. The number of hydrogen-bond acceptors (Lipinski definition) is 5. The van der Waals surface area contributed by atoms with Crippen molar-refractivity contribution >= 4 is 23.3 Å². The van der Waals surface area contributed by atoms with Gasteiger partial charge < -0.3 is 9.94 Å². The summed E-state index contributed by atoms with van der Waals surface area (Å²) >= 11 is 1.90. The summed E-state index contributed by atoms with van der Waals surface area (Å²) in [7, 11) is 0. The lowest BCUT2D eigenvalue weighted by atomic mass is 9.82. The fourth-order valence-corrected chi connectivity index (χ4v) is 3.81. The molecule has 0 heterocycles. The van der Waals surface area contributed by atoms with Crippen LogP contribution < -0.4 is 0 Å². The molecule has 0 saturated carbocycles. The van der Waals surface area contributed by atoms with Crippen LogP contribution in [-0.4, -0.2) is 34.2 Å². The van der Waals surface area contributed by atoms with E-state index < -0.39 is 0 Å². The number of oxime groups is 1. The van der Waals surface area contributed by atoms with Gasteiger partial charge in [0.2, 0.25) is 0 Å². The fraction of sp³-hybridized carbons (Fsp3) is 0.700. The zero-order valence-electron chi connectivity index (χ0n) is 16.7. The Hall–Kier alpha value is -1.23. The van der Waals surface area contributed by atoms with Crippen LogP contribution in [0.2, 0.25) is 0 Å². The second-order valence-corrected chi connectivity index (χ2v) is 7.49. The molecule has 1 N–H and O–H groups in total. The summed E-state index contributed by atoms with van der Waals surface area (Å²) in [6, 6.07) is 0. The summed E-state index contributed by atoms with van der Waals surface area (Å²) in [5.74, 6) is 1.46. The van der Waals surface area contributed by atoms with Crippen molar-refractivity contribution < 1.29 is 14.7 Å². The minimum atomic E-state index is -0.0114. The van der Waals surface area contributed by atoms with Gasteiger partial charge in [-0.3, -0.25) is 4.79 Å². The first-order chi connectivity index (χ1) is 12.0. The number of allylic oxidation sites excluding steroid dienone is 3. The molecule has 25 heavy (non-hydrogen) atoms. The summed E-state index contributed by atoms with van der Waals surface area (Å²) in [4.78, 5) is 17.7. The molecule has 0 aliphatic heterocycles. The van der Waals surface area contributed by atoms with E-state index in [9.17, 15) is 9.90 Å². The molecule has 0 bridgehead atoms. The van der Waals surface area contributed by atoms with Crippen LogP contribution >= 0.6 is 11.8 Å². The van der Waals surface area contributed by atoms with Gasteiger partial charge in [0.1, 0.15) is 12.4 Å². The highest BCUT2D eigenvalue weighted by Crippen LogP contribution is 2.32. The van der Waals surface area contributed by atoms with Crippen LogP contribution in [-0.2, 0) is 9.63 Å². The Bertz CT molecular complexity index is 483.